The molecule has 7 heteroatoms. The second-order valence-electron chi connectivity index (χ2n) is 7.78. The fraction of sp³-hybridized carbons (Fsp3) is 0.409. The molecular formula is C22H24ClNO5. The molecule has 1 N–H and O–H groups in total. The molecule has 2 aliphatic rings. The molecule has 6 nitrogen and oxygen atoms in total. The molecule has 2 heterocycles. The molecule has 1 amide bonds. The lowest BCUT2D eigenvalue weighted by molar-refractivity contribution is -0.0532. The SMILES string of the molecule is Cc1cc(OCC2(O)CCCN(C(=O)c3ccc4c(c3)OCO4)C2)cc(C)c1Cl. The Morgan fingerprint density at radius 1 is 1.21 bits per heavy atom. The average Bonchev–Trinajstić information content (AvgIpc) is 3.18. The highest BCUT2D eigenvalue weighted by Crippen LogP contribution is 2.33. The van der Waals surface area contributed by atoms with Crippen molar-refractivity contribution in [1.82, 2.24) is 4.90 Å². The van der Waals surface area contributed by atoms with Gasteiger partial charge in [0.05, 0.1) is 6.54 Å². The second-order valence-corrected chi connectivity index (χ2v) is 8.16. The van der Waals surface area contributed by atoms with Crippen LogP contribution in [-0.4, -0.2) is 48.0 Å². The number of β-amino-alcohol motifs (C(OH)–C–C–N with tert-alkyl or cyclic N) is 1. The van der Waals surface area contributed by atoms with Gasteiger partial charge in [-0.25, -0.2) is 0 Å². The molecule has 1 atom stereocenters. The van der Waals surface area contributed by atoms with Crippen LogP contribution >= 0.6 is 11.6 Å². The second kappa shape index (κ2) is 7.76. The van der Waals surface area contributed by atoms with Crippen LogP contribution in [0.1, 0.15) is 34.3 Å². The number of piperidine rings is 1. The van der Waals surface area contributed by atoms with Gasteiger partial charge in [-0.3, -0.25) is 4.79 Å². The molecule has 154 valence electrons. The van der Waals surface area contributed by atoms with Crippen molar-refractivity contribution in [3.8, 4) is 17.2 Å². The highest BCUT2D eigenvalue weighted by Gasteiger charge is 2.36. The average molecular weight is 418 g/mol. The van der Waals surface area contributed by atoms with Crippen LogP contribution < -0.4 is 14.2 Å². The van der Waals surface area contributed by atoms with E-state index in [0.29, 0.717) is 47.2 Å². The number of amides is 1. The van der Waals surface area contributed by atoms with E-state index in [1.54, 1.807) is 23.1 Å². The van der Waals surface area contributed by atoms with Crippen LogP contribution in [0.4, 0.5) is 0 Å². The van der Waals surface area contributed by atoms with Gasteiger partial charge < -0.3 is 24.2 Å². The van der Waals surface area contributed by atoms with E-state index in [1.807, 2.05) is 26.0 Å². The van der Waals surface area contributed by atoms with Gasteiger partial charge in [0.1, 0.15) is 18.0 Å². The van der Waals surface area contributed by atoms with Crippen LogP contribution in [-0.2, 0) is 0 Å². The van der Waals surface area contributed by atoms with E-state index >= 15 is 0 Å². The number of aryl methyl sites for hydroxylation is 2. The lowest BCUT2D eigenvalue weighted by Gasteiger charge is -2.39. The summed E-state index contributed by atoms with van der Waals surface area (Å²) < 4.78 is 16.5. The lowest BCUT2D eigenvalue weighted by atomic mass is 9.93. The van der Waals surface area contributed by atoms with Gasteiger partial charge in [0, 0.05) is 17.1 Å². The Balaban J connectivity index is 1.43. The first-order valence-electron chi connectivity index (χ1n) is 9.65. The number of carbonyl (C=O) groups is 1. The maximum absolute atomic E-state index is 13.0. The quantitative estimate of drug-likeness (QED) is 0.820. The molecular weight excluding hydrogens is 394 g/mol. The molecule has 0 aliphatic carbocycles. The van der Waals surface area contributed by atoms with Crippen molar-refractivity contribution < 1.29 is 24.1 Å². The van der Waals surface area contributed by atoms with E-state index in [0.717, 1.165) is 11.1 Å². The summed E-state index contributed by atoms with van der Waals surface area (Å²) in [6.07, 6.45) is 1.28. The summed E-state index contributed by atoms with van der Waals surface area (Å²) in [7, 11) is 0. The van der Waals surface area contributed by atoms with E-state index in [2.05, 4.69) is 0 Å². The maximum atomic E-state index is 13.0. The molecule has 0 aromatic heterocycles. The van der Waals surface area contributed by atoms with Crippen molar-refractivity contribution in [3.63, 3.8) is 0 Å². The molecule has 0 saturated carbocycles. The van der Waals surface area contributed by atoms with Crippen molar-refractivity contribution in [2.45, 2.75) is 32.3 Å². The van der Waals surface area contributed by atoms with Gasteiger partial charge >= 0.3 is 0 Å². The predicted octanol–water partition coefficient (Wildman–Crippen LogP) is 3.73. The zero-order valence-corrected chi connectivity index (χ0v) is 17.3. The third kappa shape index (κ3) is 4.14. The zero-order valence-electron chi connectivity index (χ0n) is 16.5. The third-order valence-electron chi connectivity index (χ3n) is 5.38. The summed E-state index contributed by atoms with van der Waals surface area (Å²) in [4.78, 5) is 14.6. The van der Waals surface area contributed by atoms with Crippen LogP contribution in [0.15, 0.2) is 30.3 Å². The van der Waals surface area contributed by atoms with Crippen molar-refractivity contribution in [1.29, 1.82) is 0 Å². The Morgan fingerprint density at radius 3 is 2.69 bits per heavy atom. The van der Waals surface area contributed by atoms with Gasteiger partial charge in [0.15, 0.2) is 11.5 Å². The molecule has 2 aromatic rings. The van der Waals surface area contributed by atoms with Gasteiger partial charge in [-0.2, -0.15) is 0 Å². The van der Waals surface area contributed by atoms with Gasteiger partial charge in [-0.1, -0.05) is 11.6 Å². The monoisotopic (exact) mass is 417 g/mol. The Kier molecular flexibility index (Phi) is 5.32. The number of fused-ring (bicyclic) bond motifs is 1. The van der Waals surface area contributed by atoms with Crippen molar-refractivity contribution in [3.05, 3.63) is 52.0 Å². The third-order valence-corrected chi connectivity index (χ3v) is 5.98. The van der Waals surface area contributed by atoms with E-state index in [9.17, 15) is 9.90 Å². The summed E-state index contributed by atoms with van der Waals surface area (Å²) in [6.45, 7) is 4.92. The fourth-order valence-electron chi connectivity index (χ4n) is 3.82. The van der Waals surface area contributed by atoms with E-state index in [4.69, 9.17) is 25.8 Å². The summed E-state index contributed by atoms with van der Waals surface area (Å²) in [5.74, 6) is 1.73. The fourth-order valence-corrected chi connectivity index (χ4v) is 3.93. The minimum Gasteiger partial charge on any atom is -0.491 e. The zero-order chi connectivity index (χ0) is 20.6. The number of halogens is 1. The lowest BCUT2D eigenvalue weighted by Crippen LogP contribution is -2.53. The Hall–Kier alpha value is -2.44. The number of nitrogens with zero attached hydrogens (tertiary/aromatic N) is 1. The molecule has 29 heavy (non-hydrogen) atoms. The molecule has 1 fully saturated rings. The van der Waals surface area contributed by atoms with Crippen LogP contribution in [0.25, 0.3) is 0 Å². The van der Waals surface area contributed by atoms with Gasteiger partial charge in [0.2, 0.25) is 6.79 Å². The maximum Gasteiger partial charge on any atom is 0.254 e. The normalized spacial score (nSPS) is 20.6. The first-order chi connectivity index (χ1) is 13.8. The molecule has 0 radical (unpaired) electrons. The first kappa shape index (κ1) is 19.9. The molecule has 4 rings (SSSR count). The van der Waals surface area contributed by atoms with E-state index < -0.39 is 5.60 Å². The molecule has 0 spiro atoms. The molecule has 2 aliphatic heterocycles. The minimum atomic E-state index is -1.11. The number of aliphatic hydroxyl groups is 1. The highest BCUT2D eigenvalue weighted by molar-refractivity contribution is 6.32. The largest absolute Gasteiger partial charge is 0.491 e. The number of hydrogen-bond donors (Lipinski definition) is 1. The number of benzene rings is 2. The van der Waals surface area contributed by atoms with Crippen LogP contribution in [0.3, 0.4) is 0 Å². The van der Waals surface area contributed by atoms with Gasteiger partial charge in [0.25, 0.3) is 5.91 Å². The summed E-state index contributed by atoms with van der Waals surface area (Å²) in [5, 5.41) is 11.8. The number of carbonyl (C=O) groups excluding carboxylic acids is 1. The Bertz CT molecular complexity index is 924. The molecule has 1 unspecified atom stereocenters. The Morgan fingerprint density at radius 2 is 1.93 bits per heavy atom. The predicted molar refractivity (Wildman–Crippen MR) is 109 cm³/mol. The van der Waals surface area contributed by atoms with Gasteiger partial charge in [-0.05, 0) is 68.1 Å². The standard InChI is InChI=1S/C22H24ClNO5/c1-14-8-17(9-15(2)20(14)23)27-12-22(26)6-3-7-24(11-22)21(25)16-4-5-18-19(10-16)29-13-28-18/h4-5,8-10,26H,3,6-7,11-13H2,1-2H3. The number of ether oxygens (including phenoxy) is 3. The smallest absolute Gasteiger partial charge is 0.254 e. The molecule has 2 aromatic carbocycles. The summed E-state index contributed by atoms with van der Waals surface area (Å²) >= 11 is 6.21. The van der Waals surface area contributed by atoms with Crippen LogP contribution in [0, 0.1) is 13.8 Å². The highest BCUT2D eigenvalue weighted by atomic mass is 35.5. The van der Waals surface area contributed by atoms with Crippen molar-refractivity contribution in [2.75, 3.05) is 26.5 Å². The van der Waals surface area contributed by atoms with E-state index in [-0.39, 0.29) is 25.9 Å². The first-order valence-corrected chi connectivity index (χ1v) is 10.0. The van der Waals surface area contributed by atoms with Crippen LogP contribution in [0.5, 0.6) is 17.2 Å². The molecule has 1 saturated heterocycles. The van der Waals surface area contributed by atoms with Gasteiger partial charge in [-0.15, -0.1) is 0 Å². The summed E-state index contributed by atoms with van der Waals surface area (Å²) in [6, 6.07) is 8.86. The van der Waals surface area contributed by atoms with Crippen molar-refractivity contribution in [2.24, 2.45) is 0 Å². The van der Waals surface area contributed by atoms with E-state index in [1.165, 1.54) is 0 Å². The topological polar surface area (TPSA) is 68.2 Å². The van der Waals surface area contributed by atoms with Crippen LogP contribution in [0.2, 0.25) is 5.02 Å². The number of likely N-dealkylation sites (tertiary alicyclic amines) is 1. The summed E-state index contributed by atoms with van der Waals surface area (Å²) in [5.41, 5.74) is 1.27. The molecule has 0 bridgehead atoms. The minimum absolute atomic E-state index is 0.110. The number of rotatable bonds is 4. The Labute approximate surface area is 174 Å². The van der Waals surface area contributed by atoms with Crippen molar-refractivity contribution >= 4 is 17.5 Å². The number of hydrogen-bond acceptors (Lipinski definition) is 5.